The highest BCUT2D eigenvalue weighted by Gasteiger charge is 2.60. The Morgan fingerprint density at radius 3 is 2.74 bits per heavy atom. The summed E-state index contributed by atoms with van der Waals surface area (Å²) >= 11 is 0. The largest absolute Gasteiger partial charge is 0.388 e. The number of aliphatic hydroxyl groups excluding tert-OH is 2. The summed E-state index contributed by atoms with van der Waals surface area (Å²) in [7, 11) is 0. The second kappa shape index (κ2) is 9.57. The summed E-state index contributed by atoms with van der Waals surface area (Å²) in [5, 5.41) is 27.3. The van der Waals surface area contributed by atoms with Crippen LogP contribution in [-0.4, -0.2) is 117 Å². The van der Waals surface area contributed by atoms with Crippen LogP contribution in [0.25, 0.3) is 0 Å². The van der Waals surface area contributed by atoms with Crippen molar-refractivity contribution < 1.29 is 34.0 Å². The number of piperazine rings is 1. The van der Waals surface area contributed by atoms with Crippen LogP contribution in [-0.2, 0) is 23.7 Å². The lowest BCUT2D eigenvalue weighted by atomic mass is 9.87. The average Bonchev–Trinajstić information content (AvgIpc) is 3.05. The van der Waals surface area contributed by atoms with Gasteiger partial charge >= 0.3 is 0 Å². The number of amides is 1. The van der Waals surface area contributed by atoms with E-state index in [2.05, 4.69) is 15.5 Å². The topological polar surface area (TPSA) is 122 Å². The molecule has 10 heteroatoms. The first-order chi connectivity index (χ1) is 13.0. The number of aliphatic hydroxyl groups is 2. The summed E-state index contributed by atoms with van der Waals surface area (Å²) in [5.74, 6) is -0.0918. The molecule has 10 nitrogen and oxygen atoms in total. The summed E-state index contributed by atoms with van der Waals surface area (Å²) in [6.07, 6.45) is -2.61. The summed E-state index contributed by atoms with van der Waals surface area (Å²) in [6.45, 7) is 6.52. The molecule has 3 aliphatic rings. The van der Waals surface area contributed by atoms with Crippen molar-refractivity contribution >= 4 is 5.91 Å². The van der Waals surface area contributed by atoms with E-state index in [0.717, 1.165) is 26.2 Å². The number of hydrogen-bond donors (Lipinski definition) is 4. The Labute approximate surface area is 159 Å². The van der Waals surface area contributed by atoms with Gasteiger partial charge in [-0.25, -0.2) is 0 Å². The van der Waals surface area contributed by atoms with Gasteiger partial charge in [-0.3, -0.25) is 9.69 Å². The molecule has 0 spiro atoms. The molecule has 0 aromatic heterocycles. The third-order valence-electron chi connectivity index (χ3n) is 5.25. The maximum atomic E-state index is 10.7. The molecular weight excluding hydrogens is 358 g/mol. The van der Waals surface area contributed by atoms with Crippen LogP contribution < -0.4 is 10.6 Å². The van der Waals surface area contributed by atoms with E-state index in [0.29, 0.717) is 26.4 Å². The molecule has 3 fully saturated rings. The Morgan fingerprint density at radius 2 is 2.00 bits per heavy atom. The number of hydrogen-bond acceptors (Lipinski definition) is 9. The number of nitrogens with one attached hydrogen (secondary N) is 2. The van der Waals surface area contributed by atoms with E-state index >= 15 is 0 Å². The summed E-state index contributed by atoms with van der Waals surface area (Å²) in [4.78, 5) is 12.8. The van der Waals surface area contributed by atoms with Crippen LogP contribution in [0.5, 0.6) is 0 Å². The molecule has 0 aromatic carbocycles. The zero-order chi connectivity index (χ0) is 19.3. The standard InChI is InChI=1S/C17H31N3O7/c1-12(21)19-4-7-24-8-9-25-10-17-11-26-16(27-17)13(14(22)15(17)23)20-5-2-18-3-6-20/h13-16,18,22-23H,2-11H2,1H3,(H,19,21)/t13-,14?,15?,16+,17?/m0/s1. The van der Waals surface area contributed by atoms with E-state index in [9.17, 15) is 15.0 Å². The quantitative estimate of drug-likeness (QED) is 0.312. The first kappa shape index (κ1) is 20.9. The number of rotatable bonds is 9. The van der Waals surface area contributed by atoms with Gasteiger partial charge < -0.3 is 39.8 Å². The zero-order valence-electron chi connectivity index (χ0n) is 15.8. The molecule has 3 saturated heterocycles. The van der Waals surface area contributed by atoms with Gasteiger partial charge in [0.1, 0.15) is 17.8 Å². The lowest BCUT2D eigenvalue weighted by molar-refractivity contribution is -0.256. The SMILES string of the molecule is CC(=O)NCCOCCOCC12CO[C@H](O1)[C@@H](N1CCNCC1)C(O)C2O. The zero-order valence-corrected chi connectivity index (χ0v) is 15.8. The van der Waals surface area contributed by atoms with Gasteiger partial charge in [0.2, 0.25) is 5.91 Å². The lowest BCUT2D eigenvalue weighted by Crippen LogP contribution is -2.68. The summed E-state index contributed by atoms with van der Waals surface area (Å²) in [6, 6.07) is -0.380. The van der Waals surface area contributed by atoms with Gasteiger partial charge in [-0.1, -0.05) is 0 Å². The Balaban J connectivity index is 1.42. The van der Waals surface area contributed by atoms with Crippen molar-refractivity contribution in [1.29, 1.82) is 0 Å². The van der Waals surface area contributed by atoms with E-state index in [1.165, 1.54) is 6.92 Å². The molecule has 27 heavy (non-hydrogen) atoms. The van der Waals surface area contributed by atoms with Crippen LogP contribution in [0, 0.1) is 0 Å². The fraction of sp³-hybridized carbons (Fsp3) is 0.941. The highest BCUT2D eigenvalue weighted by atomic mass is 16.8. The highest BCUT2D eigenvalue weighted by Crippen LogP contribution is 2.39. The van der Waals surface area contributed by atoms with Gasteiger partial charge in [-0.2, -0.15) is 0 Å². The molecule has 4 N–H and O–H groups in total. The maximum Gasteiger partial charge on any atom is 0.216 e. The fourth-order valence-corrected chi connectivity index (χ4v) is 3.80. The van der Waals surface area contributed by atoms with Crippen molar-refractivity contribution in [2.24, 2.45) is 0 Å². The molecule has 2 bridgehead atoms. The number of carbonyl (C=O) groups is 1. The molecule has 0 radical (unpaired) electrons. The number of fused-ring (bicyclic) bond motifs is 2. The second-order valence-corrected chi connectivity index (χ2v) is 7.22. The van der Waals surface area contributed by atoms with Crippen molar-refractivity contribution in [2.45, 2.75) is 37.1 Å². The minimum atomic E-state index is -1.09. The third kappa shape index (κ3) is 4.96. The molecule has 3 rings (SSSR count). The first-order valence-corrected chi connectivity index (χ1v) is 9.54. The van der Waals surface area contributed by atoms with Crippen LogP contribution >= 0.6 is 0 Å². The van der Waals surface area contributed by atoms with Crippen molar-refractivity contribution in [3.05, 3.63) is 0 Å². The smallest absolute Gasteiger partial charge is 0.216 e. The molecular formula is C17H31N3O7. The summed E-state index contributed by atoms with van der Waals surface area (Å²) in [5.41, 5.74) is -1.05. The van der Waals surface area contributed by atoms with E-state index < -0.39 is 24.1 Å². The normalized spacial score (nSPS) is 36.7. The number of carbonyl (C=O) groups excluding carboxylic acids is 1. The van der Waals surface area contributed by atoms with E-state index in [1.807, 2.05) is 0 Å². The van der Waals surface area contributed by atoms with Crippen LogP contribution in [0.3, 0.4) is 0 Å². The monoisotopic (exact) mass is 389 g/mol. The van der Waals surface area contributed by atoms with Crippen molar-refractivity contribution in [3.63, 3.8) is 0 Å². The van der Waals surface area contributed by atoms with Crippen LogP contribution in [0.15, 0.2) is 0 Å². The second-order valence-electron chi connectivity index (χ2n) is 7.22. The predicted octanol–water partition coefficient (Wildman–Crippen LogP) is -2.72. The molecule has 3 unspecified atom stereocenters. The predicted molar refractivity (Wildman–Crippen MR) is 94.1 cm³/mol. The number of ether oxygens (including phenoxy) is 4. The molecule has 3 aliphatic heterocycles. The molecule has 0 saturated carbocycles. The van der Waals surface area contributed by atoms with Gasteiger partial charge in [-0.15, -0.1) is 0 Å². The Morgan fingerprint density at radius 1 is 1.26 bits per heavy atom. The highest BCUT2D eigenvalue weighted by molar-refractivity contribution is 5.72. The minimum Gasteiger partial charge on any atom is -0.388 e. The van der Waals surface area contributed by atoms with Gasteiger partial charge in [-0.05, 0) is 0 Å². The Kier molecular flexibility index (Phi) is 7.40. The molecule has 0 aliphatic carbocycles. The van der Waals surface area contributed by atoms with Gasteiger partial charge in [0.15, 0.2) is 6.29 Å². The van der Waals surface area contributed by atoms with E-state index in [4.69, 9.17) is 18.9 Å². The van der Waals surface area contributed by atoms with Crippen LogP contribution in [0.2, 0.25) is 0 Å². The molecule has 156 valence electrons. The van der Waals surface area contributed by atoms with Crippen LogP contribution in [0.1, 0.15) is 6.92 Å². The minimum absolute atomic E-state index is 0.0918. The van der Waals surface area contributed by atoms with Gasteiger partial charge in [0.05, 0.1) is 39.1 Å². The molecule has 1 amide bonds. The van der Waals surface area contributed by atoms with Crippen LogP contribution in [0.4, 0.5) is 0 Å². The van der Waals surface area contributed by atoms with Crippen molar-refractivity contribution in [2.75, 3.05) is 65.8 Å². The number of nitrogens with zero attached hydrogens (tertiary/aromatic N) is 1. The Hall–Kier alpha value is -0.850. The van der Waals surface area contributed by atoms with E-state index in [1.54, 1.807) is 0 Å². The molecule has 5 atom stereocenters. The van der Waals surface area contributed by atoms with E-state index in [-0.39, 0.29) is 25.2 Å². The van der Waals surface area contributed by atoms with Gasteiger partial charge in [0, 0.05) is 39.6 Å². The fourth-order valence-electron chi connectivity index (χ4n) is 3.80. The maximum absolute atomic E-state index is 10.7. The lowest BCUT2D eigenvalue weighted by Gasteiger charge is -2.47. The van der Waals surface area contributed by atoms with Gasteiger partial charge in [0.25, 0.3) is 0 Å². The van der Waals surface area contributed by atoms with Crippen molar-refractivity contribution in [1.82, 2.24) is 15.5 Å². The molecule has 3 heterocycles. The van der Waals surface area contributed by atoms with Crippen molar-refractivity contribution in [3.8, 4) is 0 Å². The first-order valence-electron chi connectivity index (χ1n) is 9.54. The third-order valence-corrected chi connectivity index (χ3v) is 5.25. The molecule has 0 aromatic rings. The summed E-state index contributed by atoms with van der Waals surface area (Å²) < 4.78 is 22.7. The Bertz CT molecular complexity index is 491. The average molecular weight is 389 g/mol.